The van der Waals surface area contributed by atoms with Crippen molar-refractivity contribution in [3.63, 3.8) is 0 Å². The molecule has 0 radical (unpaired) electrons. The van der Waals surface area contributed by atoms with Crippen LogP contribution in [0.4, 0.5) is 0 Å². The number of rotatable bonds is 10. The Morgan fingerprint density at radius 2 is 2.00 bits per heavy atom. The van der Waals surface area contributed by atoms with Crippen LogP contribution >= 0.6 is 15.9 Å². The lowest BCUT2D eigenvalue weighted by Crippen LogP contribution is -2.38. The van der Waals surface area contributed by atoms with Crippen LogP contribution in [-0.4, -0.2) is 36.9 Å². The molecule has 0 aliphatic carbocycles. The van der Waals surface area contributed by atoms with Gasteiger partial charge >= 0.3 is 0 Å². The predicted octanol–water partition coefficient (Wildman–Crippen LogP) is 3.17. The molecular weight excluding hydrogens is 358 g/mol. The van der Waals surface area contributed by atoms with Crippen molar-refractivity contribution in [2.75, 3.05) is 19.8 Å². The van der Waals surface area contributed by atoms with Gasteiger partial charge in [-0.05, 0) is 37.3 Å². The Kier molecular flexibility index (Phi) is 9.44. The highest BCUT2D eigenvalue weighted by molar-refractivity contribution is 9.10. The molecule has 1 aromatic carbocycles. The quantitative estimate of drug-likeness (QED) is 0.650. The Hall–Kier alpha value is -0.910. The molecule has 1 amide bonds. The van der Waals surface area contributed by atoms with E-state index >= 15 is 0 Å². The number of aliphatic hydroxyl groups is 1. The smallest absolute Gasteiger partial charge is 0.248 e. The first-order valence-electron chi connectivity index (χ1n) is 8.17. The van der Waals surface area contributed by atoms with Crippen LogP contribution in [0, 0.1) is 11.8 Å². The molecule has 2 N–H and O–H groups in total. The van der Waals surface area contributed by atoms with E-state index in [4.69, 9.17) is 4.74 Å². The first kappa shape index (κ1) is 20.1. The molecule has 0 saturated heterocycles. The minimum atomic E-state index is -0.462. The fraction of sp³-hybridized carbons (Fsp3) is 0.611. The number of hydrogen-bond donors (Lipinski definition) is 2. The number of nitrogens with one attached hydrogen (secondary N) is 1. The van der Waals surface area contributed by atoms with Crippen molar-refractivity contribution < 1.29 is 14.6 Å². The fourth-order valence-electron chi connectivity index (χ4n) is 2.12. The molecule has 1 rings (SSSR count). The van der Waals surface area contributed by atoms with Crippen LogP contribution in [0.25, 0.3) is 0 Å². The van der Waals surface area contributed by atoms with Crippen LogP contribution in [0.1, 0.15) is 32.8 Å². The van der Waals surface area contributed by atoms with E-state index < -0.39 is 6.10 Å². The van der Waals surface area contributed by atoms with Crippen LogP contribution < -0.4 is 5.32 Å². The SMILES string of the molecule is CC(C)CCOC(C)C(=O)NCC(CO)Cc1ccccc1Br. The molecule has 1 aromatic rings. The zero-order valence-electron chi connectivity index (χ0n) is 14.2. The molecule has 0 aromatic heterocycles. The molecule has 0 aliphatic rings. The van der Waals surface area contributed by atoms with Gasteiger partial charge in [0.05, 0.1) is 0 Å². The lowest BCUT2D eigenvalue weighted by molar-refractivity contribution is -0.132. The van der Waals surface area contributed by atoms with Gasteiger partial charge in [0.2, 0.25) is 5.91 Å². The zero-order valence-corrected chi connectivity index (χ0v) is 15.8. The highest BCUT2D eigenvalue weighted by Gasteiger charge is 2.16. The highest BCUT2D eigenvalue weighted by Crippen LogP contribution is 2.19. The summed E-state index contributed by atoms with van der Waals surface area (Å²) in [6.07, 6.45) is 1.19. The standard InChI is InChI=1S/C18H28BrNO3/c1-13(2)8-9-23-14(3)18(22)20-11-15(12-21)10-16-6-4-5-7-17(16)19/h4-7,13-15,21H,8-12H2,1-3H3,(H,20,22). The number of hydrogen-bond acceptors (Lipinski definition) is 3. The van der Waals surface area contributed by atoms with Crippen LogP contribution in [-0.2, 0) is 16.0 Å². The van der Waals surface area contributed by atoms with Crippen LogP contribution in [0.2, 0.25) is 0 Å². The van der Waals surface area contributed by atoms with E-state index in [9.17, 15) is 9.90 Å². The maximum Gasteiger partial charge on any atom is 0.248 e. The van der Waals surface area contributed by atoms with Crippen molar-refractivity contribution in [1.82, 2.24) is 5.32 Å². The van der Waals surface area contributed by atoms with E-state index in [1.54, 1.807) is 6.92 Å². The maximum atomic E-state index is 12.0. The molecule has 4 nitrogen and oxygen atoms in total. The minimum Gasteiger partial charge on any atom is -0.396 e. The third kappa shape index (κ3) is 7.95. The number of halogens is 1. The third-order valence-electron chi connectivity index (χ3n) is 3.72. The fourth-order valence-corrected chi connectivity index (χ4v) is 2.57. The molecule has 0 fully saturated rings. The van der Waals surface area contributed by atoms with Crippen molar-refractivity contribution in [1.29, 1.82) is 0 Å². The van der Waals surface area contributed by atoms with Gasteiger partial charge in [0.15, 0.2) is 0 Å². The number of aliphatic hydroxyl groups excluding tert-OH is 1. The third-order valence-corrected chi connectivity index (χ3v) is 4.50. The van der Waals surface area contributed by atoms with E-state index in [0.717, 1.165) is 16.5 Å². The Morgan fingerprint density at radius 1 is 1.30 bits per heavy atom. The van der Waals surface area contributed by atoms with E-state index in [1.165, 1.54) is 0 Å². The maximum absolute atomic E-state index is 12.0. The summed E-state index contributed by atoms with van der Waals surface area (Å²) in [6, 6.07) is 7.93. The molecular formula is C18H28BrNO3. The largest absolute Gasteiger partial charge is 0.396 e. The lowest BCUT2D eigenvalue weighted by Gasteiger charge is -2.18. The van der Waals surface area contributed by atoms with Crippen molar-refractivity contribution in [2.24, 2.45) is 11.8 Å². The molecule has 0 heterocycles. The topological polar surface area (TPSA) is 58.6 Å². The van der Waals surface area contributed by atoms with Gasteiger partial charge < -0.3 is 15.2 Å². The van der Waals surface area contributed by atoms with Gasteiger partial charge in [-0.1, -0.05) is 48.0 Å². The van der Waals surface area contributed by atoms with Gasteiger partial charge in [-0.25, -0.2) is 0 Å². The molecule has 2 atom stereocenters. The number of ether oxygens (including phenoxy) is 1. The van der Waals surface area contributed by atoms with Gasteiger partial charge in [0.25, 0.3) is 0 Å². The molecule has 0 spiro atoms. The average Bonchev–Trinajstić information content (AvgIpc) is 2.52. The molecule has 0 aliphatic heterocycles. The van der Waals surface area contributed by atoms with Crippen LogP contribution in [0.3, 0.4) is 0 Å². The summed E-state index contributed by atoms with van der Waals surface area (Å²) < 4.78 is 6.56. The number of carbonyl (C=O) groups is 1. The summed E-state index contributed by atoms with van der Waals surface area (Å²) >= 11 is 3.51. The summed E-state index contributed by atoms with van der Waals surface area (Å²) in [4.78, 5) is 12.0. The van der Waals surface area contributed by atoms with Crippen molar-refractivity contribution in [2.45, 2.75) is 39.7 Å². The summed E-state index contributed by atoms with van der Waals surface area (Å²) in [6.45, 7) is 7.08. The number of benzene rings is 1. The molecule has 23 heavy (non-hydrogen) atoms. The summed E-state index contributed by atoms with van der Waals surface area (Å²) in [5.74, 6) is 0.424. The van der Waals surface area contributed by atoms with Crippen molar-refractivity contribution in [3.8, 4) is 0 Å². The second-order valence-corrected chi connectivity index (χ2v) is 7.14. The summed E-state index contributed by atoms with van der Waals surface area (Å²) in [5.41, 5.74) is 1.13. The van der Waals surface area contributed by atoms with Crippen molar-refractivity contribution >= 4 is 21.8 Å². The average molecular weight is 386 g/mol. The molecule has 130 valence electrons. The first-order valence-corrected chi connectivity index (χ1v) is 8.96. The van der Waals surface area contributed by atoms with Gasteiger partial charge in [-0.2, -0.15) is 0 Å². The van der Waals surface area contributed by atoms with E-state index in [-0.39, 0.29) is 18.4 Å². The van der Waals surface area contributed by atoms with Gasteiger partial charge in [-0.15, -0.1) is 0 Å². The number of carbonyl (C=O) groups excluding carboxylic acids is 1. The number of amides is 1. The lowest BCUT2D eigenvalue weighted by atomic mass is 10.00. The Labute approximate surface area is 147 Å². The summed E-state index contributed by atoms with van der Waals surface area (Å²) in [5, 5.41) is 12.4. The van der Waals surface area contributed by atoms with Crippen molar-refractivity contribution in [3.05, 3.63) is 34.3 Å². The van der Waals surface area contributed by atoms with Gasteiger partial charge in [0.1, 0.15) is 6.10 Å². The Morgan fingerprint density at radius 3 is 2.61 bits per heavy atom. The Balaban J connectivity index is 2.38. The van der Waals surface area contributed by atoms with E-state index in [1.807, 2.05) is 24.3 Å². The molecule has 0 bridgehead atoms. The van der Waals surface area contributed by atoms with Crippen LogP contribution in [0.15, 0.2) is 28.7 Å². The van der Waals surface area contributed by atoms with Gasteiger partial charge in [0, 0.05) is 30.1 Å². The van der Waals surface area contributed by atoms with E-state index in [0.29, 0.717) is 25.5 Å². The molecule has 2 unspecified atom stereocenters. The normalized spacial score (nSPS) is 13.8. The predicted molar refractivity (Wildman–Crippen MR) is 96.3 cm³/mol. The second kappa shape index (κ2) is 10.8. The first-order chi connectivity index (χ1) is 10.9. The second-order valence-electron chi connectivity index (χ2n) is 6.28. The van der Waals surface area contributed by atoms with E-state index in [2.05, 4.69) is 35.1 Å². The zero-order chi connectivity index (χ0) is 17.2. The minimum absolute atomic E-state index is 0.0134. The highest BCUT2D eigenvalue weighted by atomic mass is 79.9. The monoisotopic (exact) mass is 385 g/mol. The summed E-state index contributed by atoms with van der Waals surface area (Å²) in [7, 11) is 0. The van der Waals surface area contributed by atoms with Gasteiger partial charge in [-0.3, -0.25) is 4.79 Å². The molecule has 0 saturated carbocycles. The van der Waals surface area contributed by atoms with Crippen LogP contribution in [0.5, 0.6) is 0 Å². The Bertz CT molecular complexity index is 479. The molecule has 5 heteroatoms.